The molecule has 1 aromatic heterocycles. The fraction of sp³-hybridized carbons (Fsp3) is 0.107. The molecule has 0 bridgehead atoms. The lowest BCUT2D eigenvalue weighted by Gasteiger charge is -2.20. The molecule has 0 amide bonds. The first-order valence-corrected chi connectivity index (χ1v) is 11.5. The van der Waals surface area contributed by atoms with Crippen molar-refractivity contribution in [3.63, 3.8) is 0 Å². The van der Waals surface area contributed by atoms with Crippen molar-refractivity contribution < 1.29 is 4.74 Å². The molecular weight excluding hydrogens is 451 g/mol. The summed E-state index contributed by atoms with van der Waals surface area (Å²) in [6.07, 6.45) is -0.332. The van der Waals surface area contributed by atoms with Crippen molar-refractivity contribution in [2.45, 2.75) is 19.3 Å². The zero-order valence-corrected chi connectivity index (χ0v) is 19.4. The van der Waals surface area contributed by atoms with Gasteiger partial charge in [0.15, 0.2) is 0 Å². The van der Waals surface area contributed by atoms with E-state index in [-0.39, 0.29) is 6.10 Å². The van der Waals surface area contributed by atoms with Crippen LogP contribution in [0.3, 0.4) is 0 Å². The Morgan fingerprint density at radius 3 is 2.00 bits per heavy atom. The van der Waals surface area contributed by atoms with Crippen LogP contribution in [0.15, 0.2) is 103 Å². The Bertz CT molecular complexity index is 1350. The number of aromatic nitrogens is 2. The van der Waals surface area contributed by atoms with Crippen LogP contribution in [0.25, 0.3) is 11.0 Å². The van der Waals surface area contributed by atoms with Crippen LogP contribution in [0, 0.1) is 0 Å². The molecule has 0 saturated heterocycles. The van der Waals surface area contributed by atoms with E-state index in [1.165, 1.54) is 0 Å². The summed E-state index contributed by atoms with van der Waals surface area (Å²) in [7, 11) is 0. The van der Waals surface area contributed by atoms with Gasteiger partial charge in [-0.3, -0.25) is 0 Å². The van der Waals surface area contributed by atoms with Crippen LogP contribution in [-0.2, 0) is 17.9 Å². The van der Waals surface area contributed by atoms with E-state index in [2.05, 4.69) is 22.8 Å². The molecule has 1 heterocycles. The second-order valence-electron chi connectivity index (χ2n) is 7.90. The first-order chi connectivity index (χ1) is 16.2. The van der Waals surface area contributed by atoms with E-state index in [4.69, 9.17) is 32.9 Å². The summed E-state index contributed by atoms with van der Waals surface area (Å²) in [6.45, 7) is 1.11. The monoisotopic (exact) mass is 472 g/mol. The predicted octanol–water partition coefficient (Wildman–Crippen LogP) is 7.70. The number of rotatable bonds is 7. The number of nitrogens with zero attached hydrogens (tertiary/aromatic N) is 2. The Hall–Kier alpha value is -3.11. The van der Waals surface area contributed by atoms with E-state index in [9.17, 15) is 0 Å². The van der Waals surface area contributed by atoms with Gasteiger partial charge in [0.1, 0.15) is 11.9 Å². The minimum Gasteiger partial charge on any atom is -0.361 e. The van der Waals surface area contributed by atoms with Crippen LogP contribution >= 0.6 is 23.2 Å². The van der Waals surface area contributed by atoms with E-state index in [0.717, 1.165) is 38.6 Å². The normalized spacial score (nSPS) is 12.2. The van der Waals surface area contributed by atoms with Crippen LogP contribution in [0.5, 0.6) is 0 Å². The molecule has 1 atom stereocenters. The first kappa shape index (κ1) is 21.7. The smallest absolute Gasteiger partial charge is 0.144 e. The number of hydrogen-bond donors (Lipinski definition) is 0. The van der Waals surface area contributed by atoms with E-state index >= 15 is 0 Å². The lowest BCUT2D eigenvalue weighted by Crippen LogP contribution is -2.14. The molecule has 5 aromatic rings. The average Bonchev–Trinajstić information content (AvgIpc) is 3.20. The predicted molar refractivity (Wildman–Crippen MR) is 135 cm³/mol. The minimum atomic E-state index is -0.332. The van der Waals surface area contributed by atoms with Crippen molar-refractivity contribution in [3.8, 4) is 0 Å². The van der Waals surface area contributed by atoms with Gasteiger partial charge in [-0.05, 0) is 53.1 Å². The SMILES string of the molecule is Clc1ccc(COC(c2ccccc2)c2nc3ccccc3n2Cc2ccc(Cl)cc2)cc1. The molecule has 1 unspecified atom stereocenters. The molecule has 4 aromatic carbocycles. The molecule has 0 N–H and O–H groups in total. The lowest BCUT2D eigenvalue weighted by molar-refractivity contribution is 0.0593. The Labute approximate surface area is 203 Å². The number of halogens is 2. The third-order valence-corrected chi connectivity index (χ3v) is 6.11. The number of hydrogen-bond acceptors (Lipinski definition) is 2. The zero-order valence-electron chi connectivity index (χ0n) is 17.9. The van der Waals surface area contributed by atoms with Crippen molar-refractivity contribution in [2.24, 2.45) is 0 Å². The molecule has 5 rings (SSSR count). The van der Waals surface area contributed by atoms with Crippen LogP contribution in [-0.4, -0.2) is 9.55 Å². The Kier molecular flexibility index (Phi) is 6.45. The maximum Gasteiger partial charge on any atom is 0.144 e. The van der Waals surface area contributed by atoms with Gasteiger partial charge in [0.2, 0.25) is 0 Å². The first-order valence-electron chi connectivity index (χ1n) is 10.8. The van der Waals surface area contributed by atoms with Gasteiger partial charge in [-0.15, -0.1) is 0 Å². The Morgan fingerprint density at radius 2 is 1.30 bits per heavy atom. The fourth-order valence-corrected chi connectivity index (χ4v) is 4.19. The summed E-state index contributed by atoms with van der Waals surface area (Å²) in [4.78, 5) is 5.02. The molecular formula is C28H22Cl2N2O. The highest BCUT2D eigenvalue weighted by Crippen LogP contribution is 2.31. The average molecular weight is 473 g/mol. The van der Waals surface area contributed by atoms with E-state index in [0.29, 0.717) is 18.2 Å². The van der Waals surface area contributed by atoms with Crippen LogP contribution in [0.4, 0.5) is 0 Å². The largest absolute Gasteiger partial charge is 0.361 e. The molecule has 3 nitrogen and oxygen atoms in total. The van der Waals surface area contributed by atoms with Gasteiger partial charge in [0.05, 0.1) is 17.6 Å². The maximum absolute atomic E-state index is 6.52. The van der Waals surface area contributed by atoms with Crippen molar-refractivity contribution in [2.75, 3.05) is 0 Å². The molecule has 164 valence electrons. The van der Waals surface area contributed by atoms with Crippen molar-refractivity contribution in [3.05, 3.63) is 136 Å². The summed E-state index contributed by atoms with van der Waals surface area (Å²) in [5, 5.41) is 1.44. The lowest BCUT2D eigenvalue weighted by atomic mass is 10.1. The third-order valence-electron chi connectivity index (χ3n) is 5.60. The molecule has 0 aliphatic carbocycles. The molecule has 0 aliphatic rings. The highest BCUT2D eigenvalue weighted by atomic mass is 35.5. The van der Waals surface area contributed by atoms with E-state index in [1.54, 1.807) is 0 Å². The Balaban J connectivity index is 1.57. The van der Waals surface area contributed by atoms with Gasteiger partial charge in [-0.2, -0.15) is 0 Å². The Morgan fingerprint density at radius 1 is 0.697 bits per heavy atom. The summed E-state index contributed by atoms with van der Waals surface area (Å²) in [6, 6.07) is 34.1. The molecule has 5 heteroatoms. The molecule has 0 saturated carbocycles. The van der Waals surface area contributed by atoms with Crippen LogP contribution < -0.4 is 0 Å². The number of fused-ring (bicyclic) bond motifs is 1. The highest BCUT2D eigenvalue weighted by Gasteiger charge is 2.23. The third kappa shape index (κ3) is 4.96. The van der Waals surface area contributed by atoms with Crippen LogP contribution in [0.2, 0.25) is 10.0 Å². The zero-order chi connectivity index (χ0) is 22.6. The molecule has 0 radical (unpaired) electrons. The summed E-state index contributed by atoms with van der Waals surface area (Å²) >= 11 is 12.2. The van der Waals surface area contributed by atoms with Gasteiger partial charge >= 0.3 is 0 Å². The van der Waals surface area contributed by atoms with Gasteiger partial charge in [0.25, 0.3) is 0 Å². The fourth-order valence-electron chi connectivity index (χ4n) is 3.94. The number of imidazole rings is 1. The summed E-state index contributed by atoms with van der Waals surface area (Å²) in [5.74, 6) is 0.867. The highest BCUT2D eigenvalue weighted by molar-refractivity contribution is 6.30. The number of para-hydroxylation sites is 2. The quantitative estimate of drug-likeness (QED) is 0.242. The van der Waals surface area contributed by atoms with Gasteiger partial charge < -0.3 is 9.30 Å². The maximum atomic E-state index is 6.52. The standard InChI is InChI=1S/C28H22Cl2N2O/c29-23-14-10-20(11-15-23)18-32-26-9-5-4-8-25(26)31-28(32)27(22-6-2-1-3-7-22)33-19-21-12-16-24(30)17-13-21/h1-17,27H,18-19H2. The van der Waals surface area contributed by atoms with Gasteiger partial charge in [-0.1, -0.05) is 89.9 Å². The van der Waals surface area contributed by atoms with Gasteiger partial charge in [0, 0.05) is 16.6 Å². The molecule has 0 fully saturated rings. The number of benzene rings is 4. The molecule has 33 heavy (non-hydrogen) atoms. The topological polar surface area (TPSA) is 27.1 Å². The second kappa shape index (κ2) is 9.80. The van der Waals surface area contributed by atoms with E-state index < -0.39 is 0 Å². The second-order valence-corrected chi connectivity index (χ2v) is 8.77. The van der Waals surface area contributed by atoms with Crippen molar-refractivity contribution in [1.29, 1.82) is 0 Å². The summed E-state index contributed by atoms with van der Waals surface area (Å²) in [5.41, 5.74) is 5.27. The van der Waals surface area contributed by atoms with Crippen LogP contribution in [0.1, 0.15) is 28.6 Å². The molecule has 0 spiro atoms. The molecule has 0 aliphatic heterocycles. The van der Waals surface area contributed by atoms with Crippen molar-refractivity contribution in [1.82, 2.24) is 9.55 Å². The van der Waals surface area contributed by atoms with Gasteiger partial charge in [-0.25, -0.2) is 4.98 Å². The van der Waals surface area contributed by atoms with E-state index in [1.807, 2.05) is 84.9 Å². The number of ether oxygens (including phenoxy) is 1. The van der Waals surface area contributed by atoms with Crippen molar-refractivity contribution >= 4 is 34.2 Å². The summed E-state index contributed by atoms with van der Waals surface area (Å²) < 4.78 is 8.75. The minimum absolute atomic E-state index is 0.332.